The molecule has 0 radical (unpaired) electrons. The lowest BCUT2D eigenvalue weighted by Crippen LogP contribution is -2.07. The van der Waals surface area contributed by atoms with Crippen molar-refractivity contribution in [3.63, 3.8) is 0 Å². The minimum absolute atomic E-state index is 0.0809. The number of aromatic hydroxyl groups is 1. The van der Waals surface area contributed by atoms with Gasteiger partial charge in [0.2, 0.25) is 0 Å². The van der Waals surface area contributed by atoms with Crippen LogP contribution in [0.15, 0.2) is 36.4 Å². The second-order valence-electron chi connectivity index (χ2n) is 4.73. The summed E-state index contributed by atoms with van der Waals surface area (Å²) in [4.78, 5) is 0. The van der Waals surface area contributed by atoms with Gasteiger partial charge in [0.25, 0.3) is 0 Å². The fraction of sp³-hybridized carbons (Fsp3) is 0.188. The molecule has 2 aromatic rings. The SMILES string of the molecule is Cc1ccc(O)c(C(C)Nc2ccc(Cl)c(C#N)c2)c1. The molecule has 0 bridgehead atoms. The Kier molecular flexibility index (Phi) is 4.16. The Hall–Kier alpha value is -2.18. The van der Waals surface area contributed by atoms with Crippen LogP contribution < -0.4 is 5.32 Å². The summed E-state index contributed by atoms with van der Waals surface area (Å²) >= 11 is 5.91. The fourth-order valence-electron chi connectivity index (χ4n) is 2.05. The zero-order chi connectivity index (χ0) is 14.7. The molecule has 0 aliphatic heterocycles. The Morgan fingerprint density at radius 1 is 1.25 bits per heavy atom. The van der Waals surface area contributed by atoms with Crippen LogP contribution in [0.5, 0.6) is 5.75 Å². The van der Waals surface area contributed by atoms with E-state index < -0.39 is 0 Å². The Labute approximate surface area is 123 Å². The van der Waals surface area contributed by atoms with Crippen LogP contribution >= 0.6 is 11.6 Å². The third-order valence-corrected chi connectivity index (χ3v) is 3.45. The minimum Gasteiger partial charge on any atom is -0.508 e. The van der Waals surface area contributed by atoms with Crippen molar-refractivity contribution in [2.45, 2.75) is 19.9 Å². The molecule has 2 aromatic carbocycles. The number of hydrogen-bond donors (Lipinski definition) is 2. The lowest BCUT2D eigenvalue weighted by molar-refractivity contribution is 0.465. The Morgan fingerprint density at radius 2 is 2.00 bits per heavy atom. The third-order valence-electron chi connectivity index (χ3n) is 3.12. The van der Waals surface area contributed by atoms with E-state index >= 15 is 0 Å². The lowest BCUT2D eigenvalue weighted by Gasteiger charge is -2.17. The molecule has 2 N–H and O–H groups in total. The quantitative estimate of drug-likeness (QED) is 0.879. The van der Waals surface area contributed by atoms with Crippen LogP contribution in [0.25, 0.3) is 0 Å². The van der Waals surface area contributed by atoms with E-state index in [9.17, 15) is 5.11 Å². The third kappa shape index (κ3) is 3.04. The maximum atomic E-state index is 9.91. The van der Waals surface area contributed by atoms with Crippen LogP contribution in [0.4, 0.5) is 5.69 Å². The van der Waals surface area contributed by atoms with Crippen molar-refractivity contribution >= 4 is 17.3 Å². The van der Waals surface area contributed by atoms with E-state index in [-0.39, 0.29) is 11.8 Å². The summed E-state index contributed by atoms with van der Waals surface area (Å²) in [5, 5.41) is 22.6. The molecular weight excluding hydrogens is 272 g/mol. The van der Waals surface area contributed by atoms with Crippen LogP contribution in [-0.4, -0.2) is 5.11 Å². The van der Waals surface area contributed by atoms with Crippen LogP contribution in [0.2, 0.25) is 5.02 Å². The van der Waals surface area contributed by atoms with Crippen molar-refractivity contribution in [2.75, 3.05) is 5.32 Å². The number of hydrogen-bond acceptors (Lipinski definition) is 3. The van der Waals surface area contributed by atoms with Gasteiger partial charge in [0.1, 0.15) is 11.8 Å². The topological polar surface area (TPSA) is 56.0 Å². The molecule has 0 aromatic heterocycles. The molecule has 0 heterocycles. The highest BCUT2D eigenvalue weighted by Crippen LogP contribution is 2.29. The summed E-state index contributed by atoms with van der Waals surface area (Å²) in [5.74, 6) is 0.255. The van der Waals surface area contributed by atoms with Gasteiger partial charge in [0.15, 0.2) is 0 Å². The molecule has 4 heteroatoms. The molecule has 0 saturated carbocycles. The van der Waals surface area contributed by atoms with Gasteiger partial charge in [0.05, 0.1) is 16.6 Å². The van der Waals surface area contributed by atoms with Gasteiger partial charge in [-0.1, -0.05) is 29.3 Å². The maximum Gasteiger partial charge on any atom is 0.120 e. The van der Waals surface area contributed by atoms with E-state index in [1.54, 1.807) is 18.2 Å². The van der Waals surface area contributed by atoms with Crippen molar-refractivity contribution in [3.05, 3.63) is 58.1 Å². The highest BCUT2D eigenvalue weighted by molar-refractivity contribution is 6.31. The summed E-state index contributed by atoms with van der Waals surface area (Å²) in [5.41, 5.74) is 3.12. The minimum atomic E-state index is -0.0809. The number of rotatable bonds is 3. The van der Waals surface area contributed by atoms with Crippen molar-refractivity contribution in [2.24, 2.45) is 0 Å². The van der Waals surface area contributed by atoms with Gasteiger partial charge in [-0.15, -0.1) is 0 Å². The van der Waals surface area contributed by atoms with Gasteiger partial charge in [-0.2, -0.15) is 5.26 Å². The summed E-state index contributed by atoms with van der Waals surface area (Å²) in [6.07, 6.45) is 0. The van der Waals surface area contributed by atoms with E-state index in [1.165, 1.54) is 0 Å². The molecular formula is C16H15ClN2O. The standard InChI is InChI=1S/C16H15ClN2O/c1-10-3-6-16(20)14(7-10)11(2)19-13-4-5-15(17)12(8-13)9-18/h3-8,11,19-20H,1-2H3. The predicted octanol–water partition coefficient (Wildman–Crippen LogP) is 4.40. The van der Waals surface area contributed by atoms with Crippen molar-refractivity contribution < 1.29 is 5.11 Å². The molecule has 0 aliphatic rings. The molecule has 0 amide bonds. The number of aryl methyl sites for hydroxylation is 1. The fourth-order valence-corrected chi connectivity index (χ4v) is 2.21. The first kappa shape index (κ1) is 14.2. The van der Waals surface area contributed by atoms with Gasteiger partial charge >= 0.3 is 0 Å². The Bertz CT molecular complexity index is 677. The number of phenolic OH excluding ortho intramolecular Hbond substituents is 1. The molecule has 0 saturated heterocycles. The molecule has 102 valence electrons. The normalized spacial score (nSPS) is 11.7. The zero-order valence-electron chi connectivity index (χ0n) is 11.3. The van der Waals surface area contributed by atoms with E-state index in [2.05, 4.69) is 5.32 Å². The molecule has 0 aliphatic carbocycles. The first-order valence-electron chi connectivity index (χ1n) is 6.27. The second-order valence-corrected chi connectivity index (χ2v) is 5.14. The largest absolute Gasteiger partial charge is 0.508 e. The summed E-state index contributed by atoms with van der Waals surface area (Å²) in [7, 11) is 0. The average molecular weight is 287 g/mol. The summed E-state index contributed by atoms with van der Waals surface area (Å²) in [6.45, 7) is 3.93. The van der Waals surface area contributed by atoms with Crippen LogP contribution in [-0.2, 0) is 0 Å². The molecule has 2 rings (SSSR count). The number of halogens is 1. The highest BCUT2D eigenvalue weighted by atomic mass is 35.5. The Balaban J connectivity index is 2.26. The lowest BCUT2D eigenvalue weighted by atomic mass is 10.0. The van der Waals surface area contributed by atoms with Crippen molar-refractivity contribution in [3.8, 4) is 11.8 Å². The van der Waals surface area contributed by atoms with E-state index in [0.29, 0.717) is 10.6 Å². The zero-order valence-corrected chi connectivity index (χ0v) is 12.1. The van der Waals surface area contributed by atoms with E-state index in [4.69, 9.17) is 16.9 Å². The van der Waals surface area contributed by atoms with Crippen LogP contribution in [0.3, 0.4) is 0 Å². The maximum absolute atomic E-state index is 9.91. The average Bonchev–Trinajstić information content (AvgIpc) is 2.43. The van der Waals surface area contributed by atoms with Gasteiger partial charge in [-0.05, 0) is 38.1 Å². The van der Waals surface area contributed by atoms with Gasteiger partial charge in [-0.3, -0.25) is 0 Å². The number of nitriles is 1. The monoisotopic (exact) mass is 286 g/mol. The van der Waals surface area contributed by atoms with E-state index in [1.807, 2.05) is 38.1 Å². The molecule has 1 atom stereocenters. The van der Waals surface area contributed by atoms with Gasteiger partial charge in [-0.25, -0.2) is 0 Å². The summed E-state index contributed by atoms with van der Waals surface area (Å²) in [6, 6.07) is 12.7. The first-order chi connectivity index (χ1) is 9.51. The molecule has 0 spiro atoms. The molecule has 1 unspecified atom stereocenters. The number of anilines is 1. The van der Waals surface area contributed by atoms with Crippen LogP contribution in [0.1, 0.15) is 29.7 Å². The Morgan fingerprint density at radius 3 is 2.70 bits per heavy atom. The van der Waals surface area contributed by atoms with Crippen molar-refractivity contribution in [1.82, 2.24) is 0 Å². The second kappa shape index (κ2) is 5.85. The van der Waals surface area contributed by atoms with Gasteiger partial charge in [0, 0.05) is 11.3 Å². The number of nitrogens with zero attached hydrogens (tertiary/aromatic N) is 1. The van der Waals surface area contributed by atoms with Gasteiger partial charge < -0.3 is 10.4 Å². The number of phenols is 1. The smallest absolute Gasteiger partial charge is 0.120 e. The highest BCUT2D eigenvalue weighted by Gasteiger charge is 2.11. The first-order valence-corrected chi connectivity index (χ1v) is 6.64. The number of benzene rings is 2. The molecule has 0 fully saturated rings. The predicted molar refractivity (Wildman–Crippen MR) is 81.0 cm³/mol. The van der Waals surface area contributed by atoms with E-state index in [0.717, 1.165) is 16.8 Å². The molecule has 3 nitrogen and oxygen atoms in total. The molecule has 20 heavy (non-hydrogen) atoms. The summed E-state index contributed by atoms with van der Waals surface area (Å²) < 4.78 is 0. The number of nitrogens with one attached hydrogen (secondary N) is 1. The van der Waals surface area contributed by atoms with Crippen LogP contribution in [0, 0.1) is 18.3 Å². The van der Waals surface area contributed by atoms with Crippen molar-refractivity contribution in [1.29, 1.82) is 5.26 Å².